The normalized spacial score (nSPS) is 17.9. The Bertz CT molecular complexity index is 1200. The Morgan fingerprint density at radius 2 is 1.75 bits per heavy atom. The van der Waals surface area contributed by atoms with Crippen LogP contribution in [0.15, 0.2) is 54.1 Å². The summed E-state index contributed by atoms with van der Waals surface area (Å²) in [5.41, 5.74) is 0.983. The number of amides is 1. The molecule has 0 saturated carbocycles. The van der Waals surface area contributed by atoms with Crippen molar-refractivity contribution in [2.24, 2.45) is 0 Å². The number of aryl methyl sites for hydroxylation is 1. The van der Waals surface area contributed by atoms with Gasteiger partial charge < -0.3 is 9.84 Å². The molecule has 1 aliphatic heterocycles. The van der Waals surface area contributed by atoms with Crippen molar-refractivity contribution in [3.8, 4) is 5.75 Å². The van der Waals surface area contributed by atoms with E-state index in [0.717, 1.165) is 0 Å². The first-order valence-corrected chi connectivity index (χ1v) is 11.1. The third kappa shape index (κ3) is 4.11. The van der Waals surface area contributed by atoms with Crippen LogP contribution in [0.2, 0.25) is 5.02 Å². The number of benzene rings is 2. The number of aromatic nitrogens is 2. The van der Waals surface area contributed by atoms with Crippen LogP contribution in [0.25, 0.3) is 5.76 Å². The monoisotopic (exact) mass is 469 g/mol. The molecule has 0 bridgehead atoms. The highest BCUT2D eigenvalue weighted by atomic mass is 35.5. The lowest BCUT2D eigenvalue weighted by Crippen LogP contribution is -2.29. The maximum atomic E-state index is 13.1. The standard InChI is InChI=1S/C23H20ClN3O4S/c1-12(2)31-17-10-6-15(7-11-17)20(28)18-19(14-4-8-16(24)9-5-14)27(22(30)21(18)29)23-26-25-13(3)32-23/h4-12,19,28H,1-3H3/t19-/m0/s1. The number of ether oxygens (including phenoxy) is 1. The van der Waals surface area contributed by atoms with E-state index in [2.05, 4.69) is 10.2 Å². The number of carbonyl (C=O) groups is 2. The summed E-state index contributed by atoms with van der Waals surface area (Å²) in [4.78, 5) is 27.4. The van der Waals surface area contributed by atoms with E-state index in [1.54, 1.807) is 55.5 Å². The third-order valence-electron chi connectivity index (χ3n) is 4.85. The first-order chi connectivity index (χ1) is 15.3. The second-order valence-electron chi connectivity index (χ2n) is 7.52. The van der Waals surface area contributed by atoms with Gasteiger partial charge in [-0.3, -0.25) is 14.5 Å². The fourth-order valence-electron chi connectivity index (χ4n) is 3.49. The molecule has 0 aliphatic carbocycles. The van der Waals surface area contributed by atoms with Gasteiger partial charge >= 0.3 is 5.91 Å². The summed E-state index contributed by atoms with van der Waals surface area (Å²) in [5.74, 6) is -1.21. The first kappa shape index (κ1) is 22.0. The lowest BCUT2D eigenvalue weighted by atomic mass is 9.95. The quantitative estimate of drug-likeness (QED) is 0.324. The number of Topliss-reactive ketones (excluding diaryl/α,β-unsaturated/α-hetero) is 1. The fourth-order valence-corrected chi connectivity index (χ4v) is 4.33. The Labute approximate surface area is 193 Å². The zero-order valence-electron chi connectivity index (χ0n) is 17.6. The molecule has 1 fully saturated rings. The van der Waals surface area contributed by atoms with Gasteiger partial charge in [0.05, 0.1) is 17.7 Å². The lowest BCUT2D eigenvalue weighted by Gasteiger charge is -2.22. The summed E-state index contributed by atoms with van der Waals surface area (Å²) in [6.45, 7) is 5.59. The van der Waals surface area contributed by atoms with Crippen LogP contribution < -0.4 is 9.64 Å². The number of halogens is 1. The van der Waals surface area contributed by atoms with Gasteiger partial charge in [-0.05, 0) is 62.7 Å². The number of ketones is 1. The van der Waals surface area contributed by atoms with Gasteiger partial charge in [0, 0.05) is 10.6 Å². The molecule has 7 nitrogen and oxygen atoms in total. The molecule has 3 aromatic rings. The van der Waals surface area contributed by atoms with E-state index in [9.17, 15) is 14.7 Å². The molecular formula is C23H20ClN3O4S. The molecule has 1 N–H and O–H groups in total. The molecule has 2 heterocycles. The summed E-state index contributed by atoms with van der Waals surface area (Å²) in [6.07, 6.45) is 0.0000354. The van der Waals surface area contributed by atoms with Crippen molar-refractivity contribution in [2.75, 3.05) is 4.90 Å². The molecule has 164 valence electrons. The van der Waals surface area contributed by atoms with E-state index >= 15 is 0 Å². The van der Waals surface area contributed by atoms with Crippen molar-refractivity contribution in [1.82, 2.24) is 10.2 Å². The van der Waals surface area contributed by atoms with Crippen LogP contribution in [-0.2, 0) is 9.59 Å². The van der Waals surface area contributed by atoms with Gasteiger partial charge in [0.1, 0.15) is 16.5 Å². The average Bonchev–Trinajstić information content (AvgIpc) is 3.29. The van der Waals surface area contributed by atoms with E-state index in [1.165, 1.54) is 16.2 Å². The number of anilines is 1. The second-order valence-corrected chi connectivity index (χ2v) is 9.11. The Hall–Kier alpha value is -3.23. The summed E-state index contributed by atoms with van der Waals surface area (Å²) >= 11 is 7.23. The molecule has 0 radical (unpaired) electrons. The van der Waals surface area contributed by atoms with Gasteiger partial charge in [-0.1, -0.05) is 35.1 Å². The van der Waals surface area contributed by atoms with Crippen LogP contribution in [0.3, 0.4) is 0 Å². The highest BCUT2D eigenvalue weighted by Gasteiger charge is 2.48. The van der Waals surface area contributed by atoms with Crippen molar-refractivity contribution < 1.29 is 19.4 Å². The van der Waals surface area contributed by atoms with Crippen LogP contribution in [0.5, 0.6) is 5.75 Å². The minimum absolute atomic E-state index is 0.0000354. The van der Waals surface area contributed by atoms with Gasteiger partial charge in [-0.15, -0.1) is 10.2 Å². The van der Waals surface area contributed by atoms with Crippen LogP contribution in [0.4, 0.5) is 5.13 Å². The summed E-state index contributed by atoms with van der Waals surface area (Å²) in [7, 11) is 0. The van der Waals surface area contributed by atoms with Crippen LogP contribution in [0.1, 0.15) is 36.0 Å². The number of hydrogen-bond donors (Lipinski definition) is 1. The van der Waals surface area contributed by atoms with Gasteiger partial charge in [0.2, 0.25) is 5.13 Å². The topological polar surface area (TPSA) is 92.6 Å². The predicted molar refractivity (Wildman–Crippen MR) is 123 cm³/mol. The molecule has 0 spiro atoms. The Morgan fingerprint density at radius 3 is 2.31 bits per heavy atom. The molecule has 32 heavy (non-hydrogen) atoms. The van der Waals surface area contributed by atoms with Crippen LogP contribution in [0, 0.1) is 6.92 Å². The van der Waals surface area contributed by atoms with E-state index in [4.69, 9.17) is 16.3 Å². The Morgan fingerprint density at radius 1 is 1.09 bits per heavy atom. The van der Waals surface area contributed by atoms with E-state index in [-0.39, 0.29) is 22.6 Å². The Kier molecular flexibility index (Phi) is 5.99. The van der Waals surface area contributed by atoms with Crippen LogP contribution in [-0.4, -0.2) is 33.1 Å². The van der Waals surface area contributed by atoms with E-state index in [1.807, 2.05) is 13.8 Å². The largest absolute Gasteiger partial charge is 0.507 e. The molecule has 2 aromatic carbocycles. The maximum absolute atomic E-state index is 13.1. The minimum Gasteiger partial charge on any atom is -0.507 e. The second kappa shape index (κ2) is 8.72. The summed E-state index contributed by atoms with van der Waals surface area (Å²) in [6, 6.07) is 12.6. The van der Waals surface area contributed by atoms with E-state index < -0.39 is 17.7 Å². The number of nitrogens with zero attached hydrogens (tertiary/aromatic N) is 3. The van der Waals surface area contributed by atoms with Crippen LogP contribution >= 0.6 is 22.9 Å². The molecule has 1 atom stereocenters. The highest BCUT2D eigenvalue weighted by Crippen LogP contribution is 2.43. The molecule has 1 amide bonds. The SMILES string of the molecule is Cc1nnc(N2C(=O)C(=O)C(=C(O)c3ccc(OC(C)C)cc3)[C@@H]2c2ccc(Cl)cc2)s1. The summed E-state index contributed by atoms with van der Waals surface area (Å²) < 4.78 is 5.64. The molecule has 0 unspecified atom stereocenters. The molecule has 4 rings (SSSR count). The predicted octanol–water partition coefficient (Wildman–Crippen LogP) is 4.91. The van der Waals surface area contributed by atoms with Gasteiger partial charge in [0.25, 0.3) is 5.78 Å². The number of carbonyl (C=O) groups excluding carboxylic acids is 2. The van der Waals surface area contributed by atoms with E-state index in [0.29, 0.717) is 26.9 Å². The number of aliphatic hydroxyl groups is 1. The average molecular weight is 470 g/mol. The molecule has 9 heteroatoms. The lowest BCUT2D eigenvalue weighted by molar-refractivity contribution is -0.132. The summed E-state index contributed by atoms with van der Waals surface area (Å²) in [5, 5.41) is 20.6. The van der Waals surface area contributed by atoms with Gasteiger partial charge in [-0.2, -0.15) is 0 Å². The molecule has 1 aliphatic rings. The molecular weight excluding hydrogens is 450 g/mol. The molecule has 1 saturated heterocycles. The first-order valence-electron chi connectivity index (χ1n) is 9.90. The maximum Gasteiger partial charge on any atom is 0.301 e. The van der Waals surface area contributed by atoms with Crippen molar-refractivity contribution >= 4 is 45.5 Å². The molecule has 1 aromatic heterocycles. The van der Waals surface area contributed by atoms with Crippen molar-refractivity contribution in [1.29, 1.82) is 0 Å². The van der Waals surface area contributed by atoms with Crippen molar-refractivity contribution in [3.63, 3.8) is 0 Å². The minimum atomic E-state index is -0.869. The van der Waals surface area contributed by atoms with Crippen molar-refractivity contribution in [3.05, 3.63) is 75.3 Å². The Balaban J connectivity index is 1.85. The van der Waals surface area contributed by atoms with Gasteiger partial charge in [0.15, 0.2) is 0 Å². The smallest absolute Gasteiger partial charge is 0.301 e. The third-order valence-corrected chi connectivity index (χ3v) is 5.94. The fraction of sp³-hybridized carbons (Fsp3) is 0.217. The zero-order chi connectivity index (χ0) is 23.0. The van der Waals surface area contributed by atoms with Crippen molar-refractivity contribution in [2.45, 2.75) is 32.9 Å². The number of hydrogen-bond acceptors (Lipinski definition) is 7. The number of rotatable bonds is 5. The van der Waals surface area contributed by atoms with Gasteiger partial charge in [-0.25, -0.2) is 0 Å². The highest BCUT2D eigenvalue weighted by molar-refractivity contribution is 7.15. The zero-order valence-corrected chi connectivity index (χ0v) is 19.1. The number of aliphatic hydroxyl groups excluding tert-OH is 1.